The number of anilines is 1. The van der Waals surface area contributed by atoms with Gasteiger partial charge in [-0.2, -0.15) is 21.6 Å². The summed E-state index contributed by atoms with van der Waals surface area (Å²) >= 11 is 7.76. The van der Waals surface area contributed by atoms with Gasteiger partial charge >= 0.3 is 0 Å². The van der Waals surface area contributed by atoms with Crippen LogP contribution in [0.1, 0.15) is 6.92 Å². The van der Waals surface area contributed by atoms with Crippen molar-refractivity contribution in [3.8, 4) is 5.69 Å². The molecular formula is C14H17ClN4O2S. The molecule has 2 heterocycles. The molecule has 0 bridgehead atoms. The van der Waals surface area contributed by atoms with Crippen molar-refractivity contribution in [2.75, 3.05) is 24.0 Å². The zero-order valence-corrected chi connectivity index (χ0v) is 14.1. The number of carbonyl (C=O) groups excluding carboxylic acids is 1. The number of hydrogen-bond acceptors (Lipinski definition) is 4. The highest BCUT2D eigenvalue weighted by Crippen LogP contribution is 2.26. The smallest absolute Gasteiger partial charge is 0.230 e. The number of aromatic nitrogens is 3. The number of hydrogen-bond donors (Lipinski definition) is 0. The van der Waals surface area contributed by atoms with Gasteiger partial charge in [0.1, 0.15) is 11.4 Å². The largest absolute Gasteiger partial charge is 0.619 e. The minimum absolute atomic E-state index is 0.0252. The van der Waals surface area contributed by atoms with E-state index in [0.29, 0.717) is 16.1 Å². The first-order chi connectivity index (χ1) is 10.4. The Morgan fingerprint density at radius 1 is 1.64 bits per heavy atom. The summed E-state index contributed by atoms with van der Waals surface area (Å²) in [5.74, 6) is 0.603. The molecule has 0 radical (unpaired) electrons. The molecule has 0 fully saturated rings. The fourth-order valence-corrected chi connectivity index (χ4v) is 2.95. The summed E-state index contributed by atoms with van der Waals surface area (Å²) in [7, 11) is 1.67. The standard InChI is InChI=1S/C14H17ClN4O2S/c1-10(9-22-3)14(20)17(2)12-8-19(16-13(12)15)11-5-4-6-18(21)7-11/h4-8,10H,9H2,1-3H3. The third kappa shape index (κ3) is 3.53. The van der Waals surface area contributed by atoms with Crippen molar-refractivity contribution in [1.29, 1.82) is 0 Å². The Bertz CT molecular complexity index is 677. The van der Waals surface area contributed by atoms with Gasteiger partial charge in [0.2, 0.25) is 12.1 Å². The van der Waals surface area contributed by atoms with E-state index in [4.69, 9.17) is 11.6 Å². The first-order valence-electron chi connectivity index (χ1n) is 6.65. The van der Waals surface area contributed by atoms with E-state index in [0.717, 1.165) is 5.75 Å². The zero-order chi connectivity index (χ0) is 16.3. The van der Waals surface area contributed by atoms with E-state index < -0.39 is 0 Å². The number of nitrogens with zero attached hydrogens (tertiary/aromatic N) is 4. The molecule has 0 aliphatic rings. The van der Waals surface area contributed by atoms with E-state index in [-0.39, 0.29) is 17.0 Å². The Balaban J connectivity index is 2.28. The summed E-state index contributed by atoms with van der Waals surface area (Å²) in [6, 6.07) is 3.35. The Morgan fingerprint density at radius 3 is 3.00 bits per heavy atom. The van der Waals surface area contributed by atoms with Crippen LogP contribution in [-0.2, 0) is 4.79 Å². The first kappa shape index (κ1) is 16.6. The lowest BCUT2D eigenvalue weighted by atomic mass is 10.2. The van der Waals surface area contributed by atoms with Crippen molar-refractivity contribution in [1.82, 2.24) is 9.78 Å². The van der Waals surface area contributed by atoms with Gasteiger partial charge in [0, 0.05) is 24.8 Å². The molecule has 118 valence electrons. The molecule has 0 aromatic carbocycles. The zero-order valence-electron chi connectivity index (χ0n) is 12.6. The minimum Gasteiger partial charge on any atom is -0.619 e. The molecule has 0 saturated heterocycles. The lowest BCUT2D eigenvalue weighted by molar-refractivity contribution is -0.605. The predicted octanol–water partition coefficient (Wildman–Crippen LogP) is 2.12. The van der Waals surface area contributed by atoms with Gasteiger partial charge in [-0.15, -0.1) is 0 Å². The van der Waals surface area contributed by atoms with Crippen molar-refractivity contribution >= 4 is 35.0 Å². The Morgan fingerprint density at radius 2 is 2.36 bits per heavy atom. The van der Waals surface area contributed by atoms with Crippen molar-refractivity contribution in [2.24, 2.45) is 5.92 Å². The average Bonchev–Trinajstić information content (AvgIpc) is 2.88. The number of carbonyl (C=O) groups is 1. The second kappa shape index (κ2) is 7.02. The van der Waals surface area contributed by atoms with Gasteiger partial charge in [0.05, 0.1) is 6.20 Å². The lowest BCUT2D eigenvalue weighted by Crippen LogP contribution is -2.32. The number of amides is 1. The van der Waals surface area contributed by atoms with Crippen LogP contribution in [0.15, 0.2) is 30.7 Å². The van der Waals surface area contributed by atoms with Crippen LogP contribution in [0.4, 0.5) is 5.69 Å². The fraction of sp³-hybridized carbons (Fsp3) is 0.357. The lowest BCUT2D eigenvalue weighted by Gasteiger charge is -2.19. The third-order valence-electron chi connectivity index (χ3n) is 3.21. The number of pyridine rings is 1. The molecule has 6 nitrogen and oxygen atoms in total. The monoisotopic (exact) mass is 340 g/mol. The summed E-state index contributed by atoms with van der Waals surface area (Å²) in [5, 5.41) is 15.7. The quantitative estimate of drug-likeness (QED) is 0.617. The van der Waals surface area contributed by atoms with Gasteiger partial charge in [-0.1, -0.05) is 18.5 Å². The normalized spacial score (nSPS) is 12.2. The molecule has 0 spiro atoms. The highest BCUT2D eigenvalue weighted by Gasteiger charge is 2.22. The van der Waals surface area contributed by atoms with Crippen molar-refractivity contribution in [2.45, 2.75) is 6.92 Å². The maximum atomic E-state index is 12.3. The van der Waals surface area contributed by atoms with Gasteiger partial charge in [-0.05, 0) is 12.3 Å². The maximum absolute atomic E-state index is 12.3. The molecule has 0 saturated carbocycles. The molecule has 22 heavy (non-hydrogen) atoms. The second-order valence-corrected chi connectivity index (χ2v) is 6.19. The fourth-order valence-electron chi connectivity index (χ4n) is 2.05. The van der Waals surface area contributed by atoms with E-state index in [1.54, 1.807) is 37.1 Å². The van der Waals surface area contributed by atoms with E-state index >= 15 is 0 Å². The number of rotatable bonds is 5. The highest BCUT2D eigenvalue weighted by molar-refractivity contribution is 7.98. The van der Waals surface area contributed by atoms with Gasteiger partial charge in [0.15, 0.2) is 11.3 Å². The van der Waals surface area contributed by atoms with E-state index in [1.165, 1.54) is 22.0 Å². The molecule has 0 aliphatic heterocycles. The first-order valence-corrected chi connectivity index (χ1v) is 8.42. The molecule has 8 heteroatoms. The summed E-state index contributed by atoms with van der Waals surface area (Å²) < 4.78 is 2.16. The molecule has 2 aromatic rings. The molecule has 2 rings (SSSR count). The van der Waals surface area contributed by atoms with E-state index in [2.05, 4.69) is 5.10 Å². The molecule has 1 amide bonds. The average molecular weight is 341 g/mol. The Kier molecular flexibility index (Phi) is 5.31. The van der Waals surface area contributed by atoms with Crippen LogP contribution in [0, 0.1) is 11.1 Å². The van der Waals surface area contributed by atoms with Crippen LogP contribution >= 0.6 is 23.4 Å². The van der Waals surface area contributed by atoms with Crippen LogP contribution in [0.25, 0.3) is 5.69 Å². The summed E-state index contributed by atoms with van der Waals surface area (Å²) in [6.07, 6.45) is 6.37. The van der Waals surface area contributed by atoms with E-state index in [9.17, 15) is 10.0 Å². The summed E-state index contributed by atoms with van der Waals surface area (Å²) in [5.41, 5.74) is 1.09. The van der Waals surface area contributed by atoms with Crippen LogP contribution in [-0.4, -0.2) is 34.7 Å². The predicted molar refractivity (Wildman–Crippen MR) is 88.5 cm³/mol. The highest BCUT2D eigenvalue weighted by atomic mass is 35.5. The van der Waals surface area contributed by atoms with Crippen molar-refractivity contribution < 1.29 is 9.52 Å². The van der Waals surface area contributed by atoms with E-state index in [1.807, 2.05) is 13.2 Å². The summed E-state index contributed by atoms with van der Waals surface area (Å²) in [4.78, 5) is 13.8. The van der Waals surface area contributed by atoms with Crippen LogP contribution in [0.2, 0.25) is 5.15 Å². The van der Waals surface area contributed by atoms with Crippen molar-refractivity contribution in [3.05, 3.63) is 41.1 Å². The van der Waals surface area contributed by atoms with Gasteiger partial charge in [0.25, 0.3) is 0 Å². The minimum atomic E-state index is -0.111. The second-order valence-electron chi connectivity index (χ2n) is 4.93. The van der Waals surface area contributed by atoms with Gasteiger partial charge < -0.3 is 10.1 Å². The number of thioether (sulfide) groups is 1. The number of halogens is 1. The Hall–Kier alpha value is -1.73. The molecular weight excluding hydrogens is 324 g/mol. The van der Waals surface area contributed by atoms with Crippen molar-refractivity contribution in [3.63, 3.8) is 0 Å². The van der Waals surface area contributed by atoms with Crippen LogP contribution in [0.5, 0.6) is 0 Å². The molecule has 0 N–H and O–H groups in total. The Labute approximate surface area is 138 Å². The summed E-state index contributed by atoms with van der Waals surface area (Å²) in [6.45, 7) is 1.88. The van der Waals surface area contributed by atoms with Crippen LogP contribution < -0.4 is 9.63 Å². The van der Waals surface area contributed by atoms with Crippen LogP contribution in [0.3, 0.4) is 0 Å². The molecule has 2 aromatic heterocycles. The SMILES string of the molecule is CSCC(C)C(=O)N(C)c1cn(-c2ccc[n+]([O-])c2)nc1Cl. The topological polar surface area (TPSA) is 65.1 Å². The molecule has 0 aliphatic carbocycles. The van der Waals surface area contributed by atoms with Gasteiger partial charge in [-0.25, -0.2) is 4.68 Å². The molecule has 1 unspecified atom stereocenters. The van der Waals surface area contributed by atoms with Gasteiger partial charge in [-0.3, -0.25) is 4.79 Å². The maximum Gasteiger partial charge on any atom is 0.230 e. The molecule has 1 atom stereocenters. The third-order valence-corrected chi connectivity index (χ3v) is 4.31.